The molecule has 2 aliphatic carbocycles. The van der Waals surface area contributed by atoms with Crippen molar-refractivity contribution >= 4 is 23.7 Å². The molecular formula is C27H24N2O5. The van der Waals surface area contributed by atoms with Crippen LogP contribution < -0.4 is 10.6 Å². The lowest BCUT2D eigenvalue weighted by Crippen LogP contribution is -2.40. The van der Waals surface area contributed by atoms with Crippen molar-refractivity contribution in [3.8, 4) is 11.1 Å². The van der Waals surface area contributed by atoms with Crippen LogP contribution in [0, 0.1) is 0 Å². The highest BCUT2D eigenvalue weighted by Crippen LogP contribution is 2.44. The molecule has 0 atom stereocenters. The lowest BCUT2D eigenvalue weighted by molar-refractivity contribution is -0.116. The summed E-state index contributed by atoms with van der Waals surface area (Å²) in [6.07, 6.45) is 0.987. The average molecular weight is 456 g/mol. The van der Waals surface area contributed by atoms with Gasteiger partial charge in [-0.3, -0.25) is 4.79 Å². The Morgan fingerprint density at radius 1 is 0.882 bits per heavy atom. The molecule has 1 saturated carbocycles. The number of aromatic carboxylic acids is 1. The van der Waals surface area contributed by atoms with Crippen molar-refractivity contribution in [3.05, 3.63) is 89.5 Å². The molecule has 3 aromatic carbocycles. The third-order valence-electron chi connectivity index (χ3n) is 6.48. The number of carbonyl (C=O) groups excluding carboxylic acids is 2. The van der Waals surface area contributed by atoms with E-state index in [0.29, 0.717) is 18.5 Å². The highest BCUT2D eigenvalue weighted by molar-refractivity contribution is 5.93. The number of hydrogen-bond donors (Lipinski definition) is 3. The van der Waals surface area contributed by atoms with Crippen LogP contribution in [0.3, 0.4) is 0 Å². The molecule has 1 fully saturated rings. The maximum Gasteiger partial charge on any atom is 0.407 e. The summed E-state index contributed by atoms with van der Waals surface area (Å²) in [5, 5.41) is 14.6. The Morgan fingerprint density at radius 2 is 1.47 bits per heavy atom. The maximum absolute atomic E-state index is 12.6. The number of carboxylic acid groups (broad SMARTS) is 1. The fourth-order valence-corrected chi connectivity index (χ4v) is 4.56. The molecule has 3 N–H and O–H groups in total. The van der Waals surface area contributed by atoms with Crippen LogP contribution in [0.15, 0.2) is 72.8 Å². The largest absolute Gasteiger partial charge is 0.478 e. The Kier molecular flexibility index (Phi) is 5.53. The zero-order chi connectivity index (χ0) is 23.7. The average Bonchev–Trinajstić information content (AvgIpc) is 3.49. The summed E-state index contributed by atoms with van der Waals surface area (Å²) in [5.41, 5.74) is 4.67. The minimum absolute atomic E-state index is 0.0228. The van der Waals surface area contributed by atoms with Crippen LogP contribution in [-0.2, 0) is 9.53 Å². The van der Waals surface area contributed by atoms with E-state index in [1.54, 1.807) is 12.1 Å². The molecule has 7 nitrogen and oxygen atoms in total. The molecule has 0 unspecified atom stereocenters. The standard InChI is InChI=1S/C27H24N2O5/c30-24(28-18-11-9-17(10-12-18)25(31)32)15-27(13-14-27)29-26(33)34-16-23-21-7-3-1-5-19(21)20-6-2-4-8-22(20)23/h1-12,23H,13-16H2,(H,28,30)(H,29,33)(H,31,32). The van der Waals surface area contributed by atoms with Gasteiger partial charge < -0.3 is 20.5 Å². The predicted octanol–water partition coefficient (Wildman–Crippen LogP) is 4.78. The quantitative estimate of drug-likeness (QED) is 0.474. The Morgan fingerprint density at radius 3 is 2.03 bits per heavy atom. The van der Waals surface area contributed by atoms with E-state index < -0.39 is 17.6 Å². The van der Waals surface area contributed by atoms with Crippen molar-refractivity contribution in [1.82, 2.24) is 5.32 Å². The zero-order valence-electron chi connectivity index (χ0n) is 18.4. The topological polar surface area (TPSA) is 105 Å². The maximum atomic E-state index is 12.6. The molecule has 0 bridgehead atoms. The Bertz CT molecular complexity index is 1220. The second kappa shape index (κ2) is 8.67. The normalized spacial score (nSPS) is 15.1. The van der Waals surface area contributed by atoms with Crippen molar-refractivity contribution in [2.75, 3.05) is 11.9 Å². The molecule has 172 valence electrons. The SMILES string of the molecule is O=C(CC1(NC(=O)OCC2c3ccccc3-c3ccccc32)CC1)Nc1ccc(C(=O)O)cc1. The number of rotatable bonds is 7. The van der Waals surface area contributed by atoms with Crippen LogP contribution in [0.2, 0.25) is 0 Å². The van der Waals surface area contributed by atoms with Crippen LogP contribution in [0.25, 0.3) is 11.1 Å². The summed E-state index contributed by atoms with van der Waals surface area (Å²) in [6.45, 7) is 0.220. The number of ether oxygens (including phenoxy) is 1. The Balaban J connectivity index is 1.17. The predicted molar refractivity (Wildman–Crippen MR) is 127 cm³/mol. The van der Waals surface area contributed by atoms with Crippen LogP contribution in [0.5, 0.6) is 0 Å². The van der Waals surface area contributed by atoms with Crippen LogP contribution in [0.4, 0.5) is 10.5 Å². The fraction of sp³-hybridized carbons (Fsp3) is 0.222. The number of nitrogens with one attached hydrogen (secondary N) is 2. The molecule has 0 radical (unpaired) electrons. The van der Waals surface area contributed by atoms with E-state index in [9.17, 15) is 14.4 Å². The van der Waals surface area contributed by atoms with Crippen molar-refractivity contribution in [2.45, 2.75) is 30.7 Å². The van der Waals surface area contributed by atoms with Crippen LogP contribution >= 0.6 is 0 Å². The third kappa shape index (κ3) is 4.37. The van der Waals surface area contributed by atoms with Crippen LogP contribution in [-0.4, -0.2) is 35.2 Å². The molecular weight excluding hydrogens is 432 g/mol. The third-order valence-corrected chi connectivity index (χ3v) is 6.48. The first kappa shape index (κ1) is 21.7. The molecule has 7 heteroatoms. The molecule has 0 spiro atoms. The second-order valence-corrected chi connectivity index (χ2v) is 8.84. The van der Waals surface area contributed by atoms with E-state index in [1.807, 2.05) is 24.3 Å². The van der Waals surface area contributed by atoms with Gasteiger partial charge in [-0.05, 0) is 59.4 Å². The minimum Gasteiger partial charge on any atom is -0.478 e. The summed E-state index contributed by atoms with van der Waals surface area (Å²) in [4.78, 5) is 36.0. The van der Waals surface area contributed by atoms with E-state index in [1.165, 1.54) is 23.3 Å². The molecule has 0 aromatic heterocycles. The number of carboxylic acids is 1. The van der Waals surface area contributed by atoms with Gasteiger partial charge in [-0.25, -0.2) is 9.59 Å². The number of carbonyl (C=O) groups is 3. The van der Waals surface area contributed by atoms with Gasteiger partial charge in [0.15, 0.2) is 0 Å². The summed E-state index contributed by atoms with van der Waals surface area (Å²) >= 11 is 0. The van der Waals surface area contributed by atoms with E-state index in [-0.39, 0.29) is 30.4 Å². The molecule has 5 rings (SSSR count). The number of benzene rings is 3. The first-order chi connectivity index (χ1) is 16.4. The molecule has 3 aromatic rings. The zero-order valence-corrected chi connectivity index (χ0v) is 18.4. The molecule has 0 heterocycles. The Labute approximate surface area is 196 Å². The van der Waals surface area contributed by atoms with Crippen molar-refractivity contribution in [2.24, 2.45) is 0 Å². The summed E-state index contributed by atoms with van der Waals surface area (Å²) < 4.78 is 5.61. The Hall–Kier alpha value is -4.13. The summed E-state index contributed by atoms with van der Waals surface area (Å²) in [7, 11) is 0. The van der Waals surface area contributed by atoms with Crippen molar-refractivity contribution in [3.63, 3.8) is 0 Å². The molecule has 34 heavy (non-hydrogen) atoms. The monoisotopic (exact) mass is 456 g/mol. The minimum atomic E-state index is -1.03. The number of amides is 2. The molecule has 2 aliphatic rings. The number of anilines is 1. The van der Waals surface area contributed by atoms with Gasteiger partial charge in [0, 0.05) is 11.6 Å². The fourth-order valence-electron chi connectivity index (χ4n) is 4.56. The summed E-state index contributed by atoms with van der Waals surface area (Å²) in [6, 6.07) is 22.2. The van der Waals surface area contributed by atoms with E-state index in [2.05, 4.69) is 34.9 Å². The number of hydrogen-bond acceptors (Lipinski definition) is 4. The van der Waals surface area contributed by atoms with E-state index >= 15 is 0 Å². The lowest BCUT2D eigenvalue weighted by Gasteiger charge is -2.19. The van der Waals surface area contributed by atoms with Gasteiger partial charge in [-0.2, -0.15) is 0 Å². The van der Waals surface area contributed by atoms with E-state index in [0.717, 1.165) is 11.1 Å². The number of alkyl carbamates (subject to hydrolysis) is 1. The van der Waals surface area contributed by atoms with Gasteiger partial charge in [0.2, 0.25) is 5.91 Å². The first-order valence-corrected chi connectivity index (χ1v) is 11.2. The van der Waals surface area contributed by atoms with Gasteiger partial charge >= 0.3 is 12.1 Å². The van der Waals surface area contributed by atoms with E-state index in [4.69, 9.17) is 9.84 Å². The van der Waals surface area contributed by atoms with Gasteiger partial charge in [0.25, 0.3) is 0 Å². The smallest absolute Gasteiger partial charge is 0.407 e. The van der Waals surface area contributed by atoms with Crippen LogP contribution in [0.1, 0.15) is 46.7 Å². The van der Waals surface area contributed by atoms with Crippen molar-refractivity contribution in [1.29, 1.82) is 0 Å². The number of fused-ring (bicyclic) bond motifs is 3. The lowest BCUT2D eigenvalue weighted by atomic mass is 9.98. The van der Waals surface area contributed by atoms with Crippen molar-refractivity contribution < 1.29 is 24.2 Å². The first-order valence-electron chi connectivity index (χ1n) is 11.2. The van der Waals surface area contributed by atoms with Gasteiger partial charge in [-0.15, -0.1) is 0 Å². The van der Waals surface area contributed by atoms with Gasteiger partial charge in [-0.1, -0.05) is 48.5 Å². The molecule has 0 saturated heterocycles. The molecule has 0 aliphatic heterocycles. The highest BCUT2D eigenvalue weighted by Gasteiger charge is 2.46. The van der Waals surface area contributed by atoms with Gasteiger partial charge in [0.1, 0.15) is 6.61 Å². The van der Waals surface area contributed by atoms with Gasteiger partial charge in [0.05, 0.1) is 17.5 Å². The highest BCUT2D eigenvalue weighted by atomic mass is 16.5. The second-order valence-electron chi connectivity index (χ2n) is 8.84. The molecule has 2 amide bonds. The summed E-state index contributed by atoms with van der Waals surface area (Å²) in [5.74, 6) is -1.30.